The number of benzene rings is 1. The minimum Gasteiger partial charge on any atom is -0.332 e. The standard InChI is InChI=1S/C16H15ClN4OS/c1-2-13(15(22)19-11-7-4-3-6-10(11)17)23-16-20-12-8-5-9-18-14(12)21-16/h3-9,13H,2H2,1H3,(H,19,22)(H,18,20,21)/t13-/m0/s1. The number of aromatic amines is 1. The molecule has 0 spiro atoms. The number of anilines is 1. The lowest BCUT2D eigenvalue weighted by atomic mass is 10.2. The largest absolute Gasteiger partial charge is 0.332 e. The number of carbonyl (C=O) groups is 1. The first kappa shape index (κ1) is 15.8. The van der Waals surface area contributed by atoms with Crippen LogP contribution in [0.1, 0.15) is 13.3 Å². The van der Waals surface area contributed by atoms with Gasteiger partial charge < -0.3 is 10.3 Å². The predicted molar refractivity (Wildman–Crippen MR) is 93.9 cm³/mol. The average molecular weight is 347 g/mol. The highest BCUT2D eigenvalue weighted by Gasteiger charge is 2.20. The van der Waals surface area contributed by atoms with Crippen LogP contribution in [0.15, 0.2) is 47.8 Å². The van der Waals surface area contributed by atoms with Crippen LogP contribution < -0.4 is 5.32 Å². The molecule has 2 heterocycles. The van der Waals surface area contributed by atoms with Crippen molar-refractivity contribution in [3.8, 4) is 0 Å². The molecule has 118 valence electrons. The molecule has 5 nitrogen and oxygen atoms in total. The Morgan fingerprint density at radius 2 is 2.17 bits per heavy atom. The molecule has 2 aromatic heterocycles. The Balaban J connectivity index is 1.74. The fourth-order valence-corrected chi connectivity index (χ4v) is 3.20. The molecule has 3 aromatic rings. The first-order valence-corrected chi connectivity index (χ1v) is 8.46. The van der Waals surface area contributed by atoms with Crippen molar-refractivity contribution in [3.05, 3.63) is 47.6 Å². The number of H-pyrrole nitrogens is 1. The van der Waals surface area contributed by atoms with Crippen LogP contribution in [-0.4, -0.2) is 26.1 Å². The summed E-state index contributed by atoms with van der Waals surface area (Å²) in [6, 6.07) is 10.9. The highest BCUT2D eigenvalue weighted by molar-refractivity contribution is 8.00. The van der Waals surface area contributed by atoms with E-state index in [1.165, 1.54) is 11.8 Å². The maximum Gasteiger partial charge on any atom is 0.238 e. The van der Waals surface area contributed by atoms with Gasteiger partial charge in [0.25, 0.3) is 0 Å². The average Bonchev–Trinajstić information content (AvgIpc) is 2.97. The normalized spacial score (nSPS) is 12.3. The summed E-state index contributed by atoms with van der Waals surface area (Å²) in [5.74, 6) is -0.0981. The molecule has 0 aliphatic rings. The lowest BCUT2D eigenvalue weighted by molar-refractivity contribution is -0.115. The Labute approximate surface area is 142 Å². The van der Waals surface area contributed by atoms with E-state index < -0.39 is 0 Å². The molecule has 0 saturated carbocycles. The fourth-order valence-electron chi connectivity index (χ4n) is 2.11. The Kier molecular flexibility index (Phi) is 4.83. The van der Waals surface area contributed by atoms with Crippen molar-refractivity contribution in [1.82, 2.24) is 15.0 Å². The highest BCUT2D eigenvalue weighted by Crippen LogP contribution is 2.27. The van der Waals surface area contributed by atoms with Gasteiger partial charge in [-0.15, -0.1) is 0 Å². The number of nitrogens with one attached hydrogen (secondary N) is 2. The third-order valence-corrected chi connectivity index (χ3v) is 4.86. The molecule has 0 aliphatic carbocycles. The van der Waals surface area contributed by atoms with E-state index in [0.717, 1.165) is 5.52 Å². The van der Waals surface area contributed by atoms with Crippen LogP contribution in [0, 0.1) is 0 Å². The van der Waals surface area contributed by atoms with E-state index in [-0.39, 0.29) is 11.2 Å². The second-order valence-electron chi connectivity index (χ2n) is 4.90. The van der Waals surface area contributed by atoms with Crippen molar-refractivity contribution >= 4 is 46.1 Å². The van der Waals surface area contributed by atoms with E-state index in [9.17, 15) is 4.79 Å². The number of halogens is 1. The van der Waals surface area contributed by atoms with E-state index in [1.807, 2.05) is 31.2 Å². The summed E-state index contributed by atoms with van der Waals surface area (Å²) in [4.78, 5) is 24.2. The smallest absolute Gasteiger partial charge is 0.238 e. The van der Waals surface area contributed by atoms with Crippen LogP contribution in [0.25, 0.3) is 11.2 Å². The van der Waals surface area contributed by atoms with E-state index >= 15 is 0 Å². The number of hydrogen-bond acceptors (Lipinski definition) is 4. The van der Waals surface area contributed by atoms with E-state index in [2.05, 4.69) is 20.3 Å². The number of hydrogen-bond donors (Lipinski definition) is 2. The first-order chi connectivity index (χ1) is 11.2. The number of imidazole rings is 1. The minimum atomic E-state index is -0.271. The number of carbonyl (C=O) groups excluding carboxylic acids is 1. The predicted octanol–water partition coefficient (Wildman–Crippen LogP) is 4.12. The van der Waals surface area contributed by atoms with Gasteiger partial charge in [0.1, 0.15) is 0 Å². The van der Waals surface area contributed by atoms with Gasteiger partial charge in [0.2, 0.25) is 5.91 Å². The molecule has 1 amide bonds. The van der Waals surface area contributed by atoms with E-state index in [4.69, 9.17) is 11.6 Å². The second-order valence-corrected chi connectivity index (χ2v) is 6.50. The Hall–Kier alpha value is -2.05. The summed E-state index contributed by atoms with van der Waals surface area (Å²) >= 11 is 7.47. The second kappa shape index (κ2) is 7.02. The molecule has 0 saturated heterocycles. The third kappa shape index (κ3) is 3.65. The molecule has 2 N–H and O–H groups in total. The molecule has 0 unspecified atom stereocenters. The van der Waals surface area contributed by atoms with Gasteiger partial charge in [0.15, 0.2) is 10.8 Å². The zero-order valence-electron chi connectivity index (χ0n) is 12.4. The number of nitrogens with zero attached hydrogens (tertiary/aromatic N) is 2. The number of thioether (sulfide) groups is 1. The van der Waals surface area contributed by atoms with Crippen LogP contribution in [-0.2, 0) is 4.79 Å². The van der Waals surface area contributed by atoms with Crippen LogP contribution in [0.3, 0.4) is 0 Å². The molecule has 23 heavy (non-hydrogen) atoms. The van der Waals surface area contributed by atoms with Gasteiger partial charge in [0, 0.05) is 6.20 Å². The quantitative estimate of drug-likeness (QED) is 0.682. The van der Waals surface area contributed by atoms with Crippen molar-refractivity contribution in [1.29, 1.82) is 0 Å². The van der Waals surface area contributed by atoms with Gasteiger partial charge in [-0.1, -0.05) is 42.4 Å². The number of amides is 1. The van der Waals surface area contributed by atoms with Gasteiger partial charge >= 0.3 is 0 Å². The Bertz CT molecular complexity index is 803. The van der Waals surface area contributed by atoms with Gasteiger partial charge in [0.05, 0.1) is 21.5 Å². The maximum atomic E-state index is 12.5. The number of rotatable bonds is 5. The molecule has 3 rings (SSSR count). The molecule has 7 heteroatoms. The summed E-state index contributed by atoms with van der Waals surface area (Å²) in [5, 5.41) is 3.80. The van der Waals surface area contributed by atoms with Crippen molar-refractivity contribution in [2.45, 2.75) is 23.8 Å². The molecule has 1 atom stereocenters. The third-order valence-electron chi connectivity index (χ3n) is 3.28. The van der Waals surface area contributed by atoms with Gasteiger partial charge in [-0.25, -0.2) is 9.97 Å². The zero-order valence-corrected chi connectivity index (χ0v) is 14.0. The summed E-state index contributed by atoms with van der Waals surface area (Å²) in [6.45, 7) is 1.96. The van der Waals surface area contributed by atoms with E-state index in [0.29, 0.717) is 27.9 Å². The number of aromatic nitrogens is 3. The van der Waals surface area contributed by atoms with E-state index in [1.54, 1.807) is 18.3 Å². The maximum absolute atomic E-state index is 12.5. The lowest BCUT2D eigenvalue weighted by Crippen LogP contribution is -2.24. The molecular weight excluding hydrogens is 332 g/mol. The Morgan fingerprint density at radius 3 is 2.91 bits per heavy atom. The first-order valence-electron chi connectivity index (χ1n) is 7.20. The topological polar surface area (TPSA) is 70.7 Å². The van der Waals surface area contributed by atoms with Crippen LogP contribution in [0.5, 0.6) is 0 Å². The molecule has 0 radical (unpaired) electrons. The summed E-state index contributed by atoms with van der Waals surface area (Å²) in [5.41, 5.74) is 2.12. The summed E-state index contributed by atoms with van der Waals surface area (Å²) in [6.07, 6.45) is 2.37. The lowest BCUT2D eigenvalue weighted by Gasteiger charge is -2.14. The van der Waals surface area contributed by atoms with Crippen LogP contribution >= 0.6 is 23.4 Å². The van der Waals surface area contributed by atoms with Crippen LogP contribution in [0.2, 0.25) is 5.02 Å². The molecule has 0 bridgehead atoms. The van der Waals surface area contributed by atoms with Gasteiger partial charge in [-0.2, -0.15) is 0 Å². The van der Waals surface area contributed by atoms with Gasteiger partial charge in [-0.05, 0) is 30.7 Å². The summed E-state index contributed by atoms with van der Waals surface area (Å²) < 4.78 is 0. The van der Waals surface area contributed by atoms with Gasteiger partial charge in [-0.3, -0.25) is 4.79 Å². The van der Waals surface area contributed by atoms with Crippen molar-refractivity contribution in [2.24, 2.45) is 0 Å². The number of para-hydroxylation sites is 1. The fraction of sp³-hybridized carbons (Fsp3) is 0.188. The summed E-state index contributed by atoms with van der Waals surface area (Å²) in [7, 11) is 0. The van der Waals surface area contributed by atoms with Crippen molar-refractivity contribution < 1.29 is 4.79 Å². The molecule has 0 fully saturated rings. The van der Waals surface area contributed by atoms with Crippen molar-refractivity contribution in [3.63, 3.8) is 0 Å². The zero-order chi connectivity index (χ0) is 16.2. The molecular formula is C16H15ClN4OS. The number of fused-ring (bicyclic) bond motifs is 1. The monoisotopic (exact) mass is 346 g/mol. The molecule has 1 aromatic carbocycles. The minimum absolute atomic E-state index is 0.0981. The number of pyridine rings is 1. The Morgan fingerprint density at radius 1 is 1.35 bits per heavy atom. The molecule has 0 aliphatic heterocycles. The highest BCUT2D eigenvalue weighted by atomic mass is 35.5. The van der Waals surface area contributed by atoms with Crippen LogP contribution in [0.4, 0.5) is 5.69 Å². The van der Waals surface area contributed by atoms with Crippen molar-refractivity contribution in [2.75, 3.05) is 5.32 Å². The SMILES string of the molecule is CC[C@H](Sc1nc2ncccc2[nH]1)C(=O)Nc1ccccc1Cl.